The Bertz CT molecular complexity index is 1300. The molecule has 1 aliphatic heterocycles. The molecule has 1 fully saturated rings. The summed E-state index contributed by atoms with van der Waals surface area (Å²) >= 11 is 0. The average molecular weight is 468 g/mol. The van der Waals surface area contributed by atoms with Crippen LogP contribution in [0.15, 0.2) is 79.1 Å². The number of piperidine rings is 1. The van der Waals surface area contributed by atoms with Gasteiger partial charge in [0.1, 0.15) is 6.61 Å². The molecule has 2 aromatic carbocycles. The van der Waals surface area contributed by atoms with Crippen molar-refractivity contribution in [1.29, 1.82) is 0 Å². The average Bonchev–Trinajstić information content (AvgIpc) is 2.92. The fourth-order valence-electron chi connectivity index (χ4n) is 4.85. The quantitative estimate of drug-likeness (QED) is 0.368. The summed E-state index contributed by atoms with van der Waals surface area (Å²) in [6.07, 6.45) is 6.54. The first-order valence-electron chi connectivity index (χ1n) is 12.0. The first-order valence-corrected chi connectivity index (χ1v) is 12.0. The zero-order valence-electron chi connectivity index (χ0n) is 19.9. The molecule has 1 saturated heterocycles. The largest absolute Gasteiger partial charge is 0.493 e. The predicted octanol–water partition coefficient (Wildman–Crippen LogP) is 5.31. The zero-order chi connectivity index (χ0) is 24.0. The van der Waals surface area contributed by atoms with E-state index < -0.39 is 0 Å². The van der Waals surface area contributed by atoms with Crippen LogP contribution in [0.4, 0.5) is 0 Å². The third-order valence-electron chi connectivity index (χ3n) is 6.55. The maximum atomic E-state index is 13.7. The predicted molar refractivity (Wildman–Crippen MR) is 136 cm³/mol. The van der Waals surface area contributed by atoms with Crippen LogP contribution in [0.25, 0.3) is 10.9 Å². The van der Waals surface area contributed by atoms with Gasteiger partial charge in [-0.2, -0.15) is 0 Å². The number of fused-ring (bicyclic) bond motifs is 1. The molecule has 5 rings (SSSR count). The Morgan fingerprint density at radius 3 is 2.71 bits per heavy atom. The molecule has 1 amide bonds. The lowest BCUT2D eigenvalue weighted by atomic mass is 9.90. The maximum Gasteiger partial charge on any atom is 0.257 e. The fourth-order valence-corrected chi connectivity index (χ4v) is 4.85. The maximum absolute atomic E-state index is 13.7. The van der Waals surface area contributed by atoms with Crippen molar-refractivity contribution in [2.24, 2.45) is 5.92 Å². The highest BCUT2D eigenvalue weighted by molar-refractivity contribution is 5.98. The standard InChI is InChI=1S/C29H29N3O3/c1-34-26-14-5-13-25(28(26)35-20-24-12-2-3-15-30-24)29(33)32-17-7-8-21(19-32)18-23-10-4-9-22-11-6-16-31-27(22)23/h2-6,9-16,21H,7-8,17-20H2,1H3/t21-/m1/s1. The summed E-state index contributed by atoms with van der Waals surface area (Å²) in [7, 11) is 1.59. The minimum Gasteiger partial charge on any atom is -0.493 e. The summed E-state index contributed by atoms with van der Waals surface area (Å²) in [6, 6.07) is 21.5. The van der Waals surface area contributed by atoms with Crippen molar-refractivity contribution in [1.82, 2.24) is 14.9 Å². The van der Waals surface area contributed by atoms with Crippen molar-refractivity contribution in [3.8, 4) is 11.5 Å². The molecular weight excluding hydrogens is 438 g/mol. The number of amides is 1. The Morgan fingerprint density at radius 2 is 1.86 bits per heavy atom. The van der Waals surface area contributed by atoms with Gasteiger partial charge in [0, 0.05) is 30.9 Å². The summed E-state index contributed by atoms with van der Waals surface area (Å²) in [4.78, 5) is 24.6. The summed E-state index contributed by atoms with van der Waals surface area (Å²) in [5.41, 5.74) is 3.60. The molecule has 0 unspecified atom stereocenters. The van der Waals surface area contributed by atoms with Gasteiger partial charge in [0.2, 0.25) is 0 Å². The van der Waals surface area contributed by atoms with Gasteiger partial charge in [-0.05, 0) is 61.1 Å². The molecule has 1 atom stereocenters. The molecule has 2 aromatic heterocycles. The molecule has 0 N–H and O–H groups in total. The van der Waals surface area contributed by atoms with Crippen LogP contribution in [0.2, 0.25) is 0 Å². The van der Waals surface area contributed by atoms with E-state index in [2.05, 4.69) is 34.2 Å². The van der Waals surface area contributed by atoms with Gasteiger partial charge in [-0.15, -0.1) is 0 Å². The molecule has 6 nitrogen and oxygen atoms in total. The highest BCUT2D eigenvalue weighted by Crippen LogP contribution is 2.34. The van der Waals surface area contributed by atoms with Crippen LogP contribution in [0.5, 0.6) is 11.5 Å². The van der Waals surface area contributed by atoms with E-state index in [-0.39, 0.29) is 12.5 Å². The summed E-state index contributed by atoms with van der Waals surface area (Å²) in [5.74, 6) is 1.36. The lowest BCUT2D eigenvalue weighted by Crippen LogP contribution is -2.40. The van der Waals surface area contributed by atoms with E-state index in [4.69, 9.17) is 9.47 Å². The van der Waals surface area contributed by atoms with Crippen LogP contribution in [0.3, 0.4) is 0 Å². The number of benzene rings is 2. The first kappa shape index (κ1) is 22.8. The van der Waals surface area contributed by atoms with Gasteiger partial charge in [0.25, 0.3) is 5.91 Å². The third kappa shape index (κ3) is 5.11. The first-order chi connectivity index (χ1) is 17.2. The van der Waals surface area contributed by atoms with E-state index in [0.29, 0.717) is 29.5 Å². The minimum absolute atomic E-state index is 0.0272. The molecule has 0 spiro atoms. The van der Waals surface area contributed by atoms with Gasteiger partial charge in [-0.25, -0.2) is 0 Å². The fraction of sp³-hybridized carbons (Fsp3) is 0.276. The van der Waals surface area contributed by atoms with Gasteiger partial charge < -0.3 is 14.4 Å². The van der Waals surface area contributed by atoms with Gasteiger partial charge >= 0.3 is 0 Å². The lowest BCUT2D eigenvalue weighted by Gasteiger charge is -2.33. The van der Waals surface area contributed by atoms with E-state index in [1.54, 1.807) is 13.3 Å². The minimum atomic E-state index is -0.0272. The normalized spacial score (nSPS) is 15.7. The summed E-state index contributed by atoms with van der Waals surface area (Å²) < 4.78 is 11.6. The molecular formula is C29H29N3O3. The second-order valence-electron chi connectivity index (χ2n) is 8.90. The molecule has 0 aliphatic carbocycles. The van der Waals surface area contributed by atoms with Crippen molar-refractivity contribution in [2.45, 2.75) is 25.9 Å². The molecule has 1 aliphatic rings. The number of aromatic nitrogens is 2. The van der Waals surface area contributed by atoms with Crippen LogP contribution in [0, 0.1) is 5.92 Å². The number of hydrogen-bond acceptors (Lipinski definition) is 5. The number of hydrogen-bond donors (Lipinski definition) is 0. The molecule has 35 heavy (non-hydrogen) atoms. The summed E-state index contributed by atoms with van der Waals surface area (Å²) in [5, 5.41) is 1.15. The number of para-hydroxylation sites is 2. The molecule has 0 saturated carbocycles. The third-order valence-corrected chi connectivity index (χ3v) is 6.55. The Morgan fingerprint density at radius 1 is 1.00 bits per heavy atom. The second-order valence-corrected chi connectivity index (χ2v) is 8.90. The van der Waals surface area contributed by atoms with Crippen LogP contribution in [-0.4, -0.2) is 41.0 Å². The van der Waals surface area contributed by atoms with E-state index >= 15 is 0 Å². The molecule has 3 heterocycles. The number of carbonyl (C=O) groups excluding carboxylic acids is 1. The number of likely N-dealkylation sites (tertiary alicyclic amines) is 1. The molecule has 178 valence electrons. The topological polar surface area (TPSA) is 64.5 Å². The molecule has 4 aromatic rings. The number of rotatable bonds is 7. The number of pyridine rings is 2. The lowest BCUT2D eigenvalue weighted by molar-refractivity contribution is 0.0668. The van der Waals surface area contributed by atoms with Gasteiger partial charge in [-0.3, -0.25) is 14.8 Å². The van der Waals surface area contributed by atoms with E-state index in [1.165, 1.54) is 5.56 Å². The van der Waals surface area contributed by atoms with E-state index in [0.717, 1.165) is 42.4 Å². The Hall–Kier alpha value is -3.93. The van der Waals surface area contributed by atoms with Crippen molar-refractivity contribution >= 4 is 16.8 Å². The highest BCUT2D eigenvalue weighted by atomic mass is 16.5. The van der Waals surface area contributed by atoms with Crippen LogP contribution in [-0.2, 0) is 13.0 Å². The highest BCUT2D eigenvalue weighted by Gasteiger charge is 2.28. The van der Waals surface area contributed by atoms with Crippen LogP contribution >= 0.6 is 0 Å². The monoisotopic (exact) mass is 467 g/mol. The number of methoxy groups -OCH3 is 1. The summed E-state index contributed by atoms with van der Waals surface area (Å²) in [6.45, 7) is 1.71. The van der Waals surface area contributed by atoms with E-state index in [1.807, 2.05) is 53.6 Å². The molecule has 0 bridgehead atoms. The Kier molecular flexibility index (Phi) is 6.89. The SMILES string of the molecule is COc1cccc(C(=O)N2CCC[C@H](Cc3cccc4cccnc34)C2)c1OCc1ccccn1. The van der Waals surface area contributed by atoms with Gasteiger partial charge in [0.05, 0.1) is 23.9 Å². The smallest absolute Gasteiger partial charge is 0.257 e. The van der Waals surface area contributed by atoms with Gasteiger partial charge in [0.15, 0.2) is 11.5 Å². The Labute approximate surface area is 205 Å². The van der Waals surface area contributed by atoms with Crippen molar-refractivity contribution in [3.63, 3.8) is 0 Å². The van der Waals surface area contributed by atoms with Crippen molar-refractivity contribution in [2.75, 3.05) is 20.2 Å². The molecule has 6 heteroatoms. The number of carbonyl (C=O) groups is 1. The van der Waals surface area contributed by atoms with Crippen LogP contribution in [0.1, 0.15) is 34.5 Å². The second kappa shape index (κ2) is 10.6. The van der Waals surface area contributed by atoms with E-state index in [9.17, 15) is 4.79 Å². The molecule has 0 radical (unpaired) electrons. The zero-order valence-corrected chi connectivity index (χ0v) is 19.9. The van der Waals surface area contributed by atoms with Crippen molar-refractivity contribution in [3.05, 3.63) is 95.9 Å². The Balaban J connectivity index is 1.34. The number of ether oxygens (including phenoxy) is 2. The van der Waals surface area contributed by atoms with Crippen LogP contribution < -0.4 is 9.47 Å². The van der Waals surface area contributed by atoms with Gasteiger partial charge in [-0.1, -0.05) is 36.4 Å². The number of nitrogens with zero attached hydrogens (tertiary/aromatic N) is 3. The van der Waals surface area contributed by atoms with Crippen molar-refractivity contribution < 1.29 is 14.3 Å².